The third-order valence-electron chi connectivity index (χ3n) is 6.68. The number of nitrogens with zero attached hydrogens (tertiary/aromatic N) is 1. The van der Waals surface area contributed by atoms with Crippen LogP contribution in [0, 0.1) is 11.3 Å². The largest absolute Gasteiger partial charge is 0.378 e. The highest BCUT2D eigenvalue weighted by Gasteiger charge is 2.57. The molecule has 0 aromatic rings. The van der Waals surface area contributed by atoms with Crippen molar-refractivity contribution in [2.45, 2.75) is 76.9 Å². The fraction of sp³-hybridized carbons (Fsp3) is 0.947. The minimum atomic E-state index is 0. The molecule has 0 aromatic carbocycles. The van der Waals surface area contributed by atoms with Crippen LogP contribution < -0.4 is 5.32 Å². The predicted molar refractivity (Wildman–Crippen MR) is 99.6 cm³/mol. The molecule has 5 heteroatoms. The molecule has 1 heterocycles. The maximum atomic E-state index is 12.7. The molecule has 3 fully saturated rings. The van der Waals surface area contributed by atoms with Gasteiger partial charge in [0.1, 0.15) is 0 Å². The predicted octanol–water partition coefficient (Wildman–Crippen LogP) is 3.38. The van der Waals surface area contributed by atoms with Crippen LogP contribution in [0.5, 0.6) is 0 Å². The SMILES string of the molecule is CCOC1CC(N(C)C(=O)CCC2CCNC2)C12CCCCC2.Cl. The molecule has 2 saturated carbocycles. The van der Waals surface area contributed by atoms with Crippen LogP contribution in [0.2, 0.25) is 0 Å². The van der Waals surface area contributed by atoms with E-state index < -0.39 is 0 Å². The Bertz CT molecular complexity index is 406. The van der Waals surface area contributed by atoms with Crippen LogP contribution in [-0.4, -0.2) is 49.7 Å². The molecule has 4 nitrogen and oxygen atoms in total. The van der Waals surface area contributed by atoms with Crippen molar-refractivity contribution in [3.05, 3.63) is 0 Å². The average Bonchev–Trinajstić information content (AvgIpc) is 3.10. The Kier molecular flexibility index (Phi) is 7.39. The summed E-state index contributed by atoms with van der Waals surface area (Å²) in [6.07, 6.45) is 10.9. The Morgan fingerprint density at radius 1 is 1.29 bits per heavy atom. The molecule has 0 radical (unpaired) electrons. The van der Waals surface area contributed by atoms with Gasteiger partial charge in [-0.1, -0.05) is 19.3 Å². The molecule has 3 atom stereocenters. The molecule has 3 rings (SSSR count). The molecule has 1 amide bonds. The van der Waals surface area contributed by atoms with Crippen molar-refractivity contribution in [1.29, 1.82) is 0 Å². The molecular formula is C19H35ClN2O2. The van der Waals surface area contributed by atoms with E-state index in [4.69, 9.17) is 4.74 Å². The Hall–Kier alpha value is -0.320. The third kappa shape index (κ3) is 3.91. The second-order valence-corrected chi connectivity index (χ2v) is 7.89. The van der Waals surface area contributed by atoms with E-state index in [2.05, 4.69) is 17.1 Å². The minimum absolute atomic E-state index is 0. The van der Waals surface area contributed by atoms with Crippen LogP contribution in [-0.2, 0) is 9.53 Å². The lowest BCUT2D eigenvalue weighted by atomic mass is 9.54. The summed E-state index contributed by atoms with van der Waals surface area (Å²) in [5.41, 5.74) is 0.258. The van der Waals surface area contributed by atoms with Gasteiger partial charge in [0.05, 0.1) is 6.10 Å². The number of ether oxygens (including phenoxy) is 1. The molecule has 1 spiro atoms. The van der Waals surface area contributed by atoms with Gasteiger partial charge in [0.15, 0.2) is 0 Å². The van der Waals surface area contributed by atoms with Crippen molar-refractivity contribution in [3.8, 4) is 0 Å². The number of amides is 1. The van der Waals surface area contributed by atoms with Gasteiger partial charge in [0.25, 0.3) is 0 Å². The standard InChI is InChI=1S/C19H34N2O2.ClH/c1-3-23-17-13-16(19(17)10-5-4-6-11-19)21(2)18(22)8-7-15-9-12-20-14-15;/h15-17,20H,3-14H2,1-2H3;1H. The van der Waals surface area contributed by atoms with Gasteiger partial charge >= 0.3 is 0 Å². The number of nitrogens with one attached hydrogen (secondary N) is 1. The maximum absolute atomic E-state index is 12.7. The summed E-state index contributed by atoms with van der Waals surface area (Å²) < 4.78 is 6.03. The van der Waals surface area contributed by atoms with Crippen LogP contribution in [0.4, 0.5) is 0 Å². The van der Waals surface area contributed by atoms with Crippen LogP contribution in [0.3, 0.4) is 0 Å². The van der Waals surface area contributed by atoms with Gasteiger partial charge in [0.2, 0.25) is 5.91 Å². The molecule has 24 heavy (non-hydrogen) atoms. The summed E-state index contributed by atoms with van der Waals surface area (Å²) in [5.74, 6) is 1.05. The molecule has 1 saturated heterocycles. The first-order chi connectivity index (χ1) is 11.2. The zero-order valence-corrected chi connectivity index (χ0v) is 16.2. The molecule has 1 aliphatic heterocycles. The monoisotopic (exact) mass is 358 g/mol. The Balaban J connectivity index is 0.00000208. The van der Waals surface area contributed by atoms with Gasteiger partial charge in [-0.25, -0.2) is 0 Å². The summed E-state index contributed by atoms with van der Waals surface area (Å²) in [6.45, 7) is 5.10. The van der Waals surface area contributed by atoms with Crippen molar-refractivity contribution in [1.82, 2.24) is 10.2 Å². The molecule has 0 aromatic heterocycles. The summed E-state index contributed by atoms with van der Waals surface area (Å²) in [4.78, 5) is 14.8. The van der Waals surface area contributed by atoms with Crippen molar-refractivity contribution in [2.75, 3.05) is 26.7 Å². The highest BCUT2D eigenvalue weighted by molar-refractivity contribution is 5.85. The molecule has 140 valence electrons. The van der Waals surface area contributed by atoms with Crippen LogP contribution >= 0.6 is 12.4 Å². The fourth-order valence-corrected chi connectivity index (χ4v) is 5.21. The lowest BCUT2D eigenvalue weighted by Crippen LogP contribution is -2.65. The van der Waals surface area contributed by atoms with E-state index in [-0.39, 0.29) is 17.8 Å². The van der Waals surface area contributed by atoms with E-state index in [9.17, 15) is 4.79 Å². The summed E-state index contributed by atoms with van der Waals surface area (Å²) >= 11 is 0. The number of hydrogen-bond donors (Lipinski definition) is 1. The van der Waals surface area contributed by atoms with E-state index in [1.165, 1.54) is 38.5 Å². The first kappa shape index (κ1) is 20.0. The number of carbonyl (C=O) groups excluding carboxylic acids is 1. The zero-order valence-electron chi connectivity index (χ0n) is 15.4. The number of halogens is 1. The van der Waals surface area contributed by atoms with Gasteiger partial charge in [-0.3, -0.25) is 4.79 Å². The number of rotatable bonds is 6. The quantitative estimate of drug-likeness (QED) is 0.791. The smallest absolute Gasteiger partial charge is 0.222 e. The molecular weight excluding hydrogens is 324 g/mol. The van der Waals surface area contributed by atoms with Gasteiger partial charge in [-0.05, 0) is 58.0 Å². The van der Waals surface area contributed by atoms with Gasteiger partial charge in [0, 0.05) is 31.5 Å². The highest BCUT2D eigenvalue weighted by atomic mass is 35.5. The zero-order chi connectivity index (χ0) is 16.3. The molecule has 1 N–H and O–H groups in total. The third-order valence-corrected chi connectivity index (χ3v) is 6.68. The Morgan fingerprint density at radius 3 is 2.67 bits per heavy atom. The molecule has 3 unspecified atom stereocenters. The fourth-order valence-electron chi connectivity index (χ4n) is 5.21. The van der Waals surface area contributed by atoms with E-state index >= 15 is 0 Å². The Morgan fingerprint density at radius 2 is 2.04 bits per heavy atom. The summed E-state index contributed by atoms with van der Waals surface area (Å²) in [6, 6.07) is 0.411. The first-order valence-electron chi connectivity index (χ1n) is 9.75. The van der Waals surface area contributed by atoms with E-state index in [0.717, 1.165) is 32.5 Å². The number of carbonyl (C=O) groups is 1. The average molecular weight is 359 g/mol. The Labute approximate surface area is 153 Å². The van der Waals surface area contributed by atoms with Gasteiger partial charge in [-0.2, -0.15) is 0 Å². The highest BCUT2D eigenvalue weighted by Crippen LogP contribution is 2.55. The lowest BCUT2D eigenvalue weighted by molar-refractivity contribution is -0.185. The van der Waals surface area contributed by atoms with Gasteiger partial charge < -0.3 is 15.0 Å². The molecule has 0 bridgehead atoms. The van der Waals surface area contributed by atoms with E-state index in [0.29, 0.717) is 30.4 Å². The van der Waals surface area contributed by atoms with Crippen molar-refractivity contribution in [3.63, 3.8) is 0 Å². The second-order valence-electron chi connectivity index (χ2n) is 7.89. The lowest BCUT2D eigenvalue weighted by Gasteiger charge is -2.60. The second kappa shape index (κ2) is 8.86. The van der Waals surface area contributed by atoms with Crippen molar-refractivity contribution >= 4 is 18.3 Å². The minimum Gasteiger partial charge on any atom is -0.378 e. The van der Waals surface area contributed by atoms with Crippen molar-refractivity contribution in [2.24, 2.45) is 11.3 Å². The number of hydrogen-bond acceptors (Lipinski definition) is 3. The molecule has 3 aliphatic rings. The van der Waals surface area contributed by atoms with Crippen LogP contribution in [0.25, 0.3) is 0 Å². The molecule has 2 aliphatic carbocycles. The topological polar surface area (TPSA) is 41.6 Å². The van der Waals surface area contributed by atoms with E-state index in [1.54, 1.807) is 0 Å². The summed E-state index contributed by atoms with van der Waals surface area (Å²) in [7, 11) is 2.04. The van der Waals surface area contributed by atoms with Gasteiger partial charge in [-0.15, -0.1) is 12.4 Å². The van der Waals surface area contributed by atoms with Crippen LogP contribution in [0.15, 0.2) is 0 Å². The maximum Gasteiger partial charge on any atom is 0.222 e. The first-order valence-corrected chi connectivity index (χ1v) is 9.75. The summed E-state index contributed by atoms with van der Waals surface area (Å²) in [5, 5.41) is 3.40. The van der Waals surface area contributed by atoms with Crippen molar-refractivity contribution < 1.29 is 9.53 Å². The van der Waals surface area contributed by atoms with E-state index in [1.807, 2.05) is 7.05 Å². The normalized spacial score (nSPS) is 31.3. The van der Waals surface area contributed by atoms with Crippen LogP contribution in [0.1, 0.15) is 64.7 Å².